The number of hydrogen-bond donors (Lipinski definition) is 1. The molecular formula is C25H27N5O3S. The smallest absolute Gasteiger partial charge is 0.258 e. The average molecular weight is 478 g/mol. The zero-order chi connectivity index (χ0) is 23.1. The molecule has 0 bridgehead atoms. The second-order valence-corrected chi connectivity index (χ2v) is 9.91. The van der Waals surface area contributed by atoms with Crippen molar-refractivity contribution in [1.82, 2.24) is 19.6 Å². The van der Waals surface area contributed by atoms with Crippen LogP contribution in [0, 0.1) is 0 Å². The van der Waals surface area contributed by atoms with Crippen LogP contribution in [0.5, 0.6) is 0 Å². The zero-order valence-corrected chi connectivity index (χ0v) is 19.8. The lowest BCUT2D eigenvalue weighted by atomic mass is 10.1. The molecule has 2 fully saturated rings. The van der Waals surface area contributed by atoms with Gasteiger partial charge in [0.2, 0.25) is 5.43 Å². The Bertz CT molecular complexity index is 1430. The van der Waals surface area contributed by atoms with E-state index in [1.165, 1.54) is 24.2 Å². The van der Waals surface area contributed by atoms with Gasteiger partial charge in [-0.25, -0.2) is 4.98 Å². The highest BCUT2D eigenvalue weighted by atomic mass is 32.1. The van der Waals surface area contributed by atoms with E-state index in [1.807, 2.05) is 40.9 Å². The summed E-state index contributed by atoms with van der Waals surface area (Å²) in [5.41, 5.74) is 2.36. The Morgan fingerprint density at radius 1 is 1.12 bits per heavy atom. The number of ether oxygens (including phenoxy) is 1. The molecule has 1 amide bonds. The maximum atomic E-state index is 13.8. The van der Waals surface area contributed by atoms with Gasteiger partial charge in [-0.15, -0.1) is 11.3 Å². The molecule has 3 aromatic heterocycles. The number of morpholine rings is 1. The van der Waals surface area contributed by atoms with Crippen molar-refractivity contribution >= 4 is 49.0 Å². The van der Waals surface area contributed by atoms with Gasteiger partial charge in [-0.1, -0.05) is 12.1 Å². The molecule has 2 aliphatic heterocycles. The van der Waals surface area contributed by atoms with E-state index < -0.39 is 0 Å². The molecule has 8 nitrogen and oxygen atoms in total. The number of anilines is 1. The number of aromatic nitrogens is 2. The van der Waals surface area contributed by atoms with Crippen molar-refractivity contribution in [3.63, 3.8) is 0 Å². The molecule has 0 spiro atoms. The van der Waals surface area contributed by atoms with Crippen LogP contribution in [0.1, 0.15) is 23.2 Å². The second kappa shape index (κ2) is 8.98. The second-order valence-electron chi connectivity index (χ2n) is 8.88. The lowest BCUT2D eigenvalue weighted by molar-refractivity contribution is 0.0950. The molecule has 2 saturated heterocycles. The standard InChI is InChI=1S/C25H27N5O3S/c31-22-18-15-17(29-11-13-33-14-12-29)16-27-23(18)30-19-5-1-2-6-20(19)34-25(30)21(22)24(32)26-7-10-28-8-3-4-9-28/h1-2,5-6,15-16H,3-4,7-14H2,(H,26,32). The molecule has 6 rings (SSSR count). The van der Waals surface area contributed by atoms with Crippen molar-refractivity contribution in [2.45, 2.75) is 12.8 Å². The van der Waals surface area contributed by atoms with Gasteiger partial charge in [0.15, 0.2) is 0 Å². The van der Waals surface area contributed by atoms with Crippen LogP contribution in [0.15, 0.2) is 41.3 Å². The van der Waals surface area contributed by atoms with E-state index in [4.69, 9.17) is 9.72 Å². The molecule has 0 aliphatic carbocycles. The SMILES string of the molecule is O=C(NCCN1CCCC1)c1c(=O)c2cc(N3CCOCC3)cnc2n2c1sc1ccccc12. The van der Waals surface area contributed by atoms with Crippen LogP contribution in [0.3, 0.4) is 0 Å². The predicted octanol–water partition coefficient (Wildman–Crippen LogP) is 2.72. The summed E-state index contributed by atoms with van der Waals surface area (Å²) in [6.45, 7) is 6.28. The van der Waals surface area contributed by atoms with Gasteiger partial charge in [-0.05, 0) is 44.1 Å². The molecule has 0 radical (unpaired) electrons. The number of amides is 1. The van der Waals surface area contributed by atoms with Crippen molar-refractivity contribution in [2.24, 2.45) is 0 Å². The third-order valence-corrected chi connectivity index (χ3v) is 7.93. The minimum Gasteiger partial charge on any atom is -0.378 e. The van der Waals surface area contributed by atoms with Gasteiger partial charge in [0.25, 0.3) is 5.91 Å². The van der Waals surface area contributed by atoms with Crippen LogP contribution in [-0.4, -0.2) is 72.7 Å². The lowest BCUT2D eigenvalue weighted by Crippen LogP contribution is -2.37. The average Bonchev–Trinajstić information content (AvgIpc) is 3.52. The number of carbonyl (C=O) groups is 1. The van der Waals surface area contributed by atoms with E-state index in [0.717, 1.165) is 48.6 Å². The van der Waals surface area contributed by atoms with Crippen LogP contribution >= 0.6 is 11.3 Å². The Hall–Kier alpha value is -3.01. The molecule has 0 unspecified atom stereocenters. The van der Waals surface area contributed by atoms with Crippen LogP contribution in [-0.2, 0) is 4.74 Å². The van der Waals surface area contributed by atoms with Crippen molar-refractivity contribution in [1.29, 1.82) is 0 Å². The number of nitrogens with zero attached hydrogens (tertiary/aromatic N) is 4. The molecule has 176 valence electrons. The highest BCUT2D eigenvalue weighted by Gasteiger charge is 2.24. The van der Waals surface area contributed by atoms with Gasteiger partial charge in [0.1, 0.15) is 16.0 Å². The highest BCUT2D eigenvalue weighted by molar-refractivity contribution is 7.24. The van der Waals surface area contributed by atoms with Gasteiger partial charge in [0.05, 0.1) is 40.7 Å². The monoisotopic (exact) mass is 477 g/mol. The van der Waals surface area contributed by atoms with E-state index in [0.29, 0.717) is 35.6 Å². The van der Waals surface area contributed by atoms with E-state index in [9.17, 15) is 9.59 Å². The number of hydrogen-bond acceptors (Lipinski definition) is 7. The fourth-order valence-electron chi connectivity index (χ4n) is 5.00. The number of fused-ring (bicyclic) bond motifs is 5. The Balaban J connectivity index is 1.47. The Morgan fingerprint density at radius 3 is 2.74 bits per heavy atom. The van der Waals surface area contributed by atoms with Gasteiger partial charge in [0, 0.05) is 26.2 Å². The number of pyridine rings is 2. The third kappa shape index (κ3) is 3.73. The van der Waals surface area contributed by atoms with Gasteiger partial charge >= 0.3 is 0 Å². The van der Waals surface area contributed by atoms with E-state index >= 15 is 0 Å². The minimum atomic E-state index is -0.313. The molecule has 1 aromatic carbocycles. The summed E-state index contributed by atoms with van der Waals surface area (Å²) < 4.78 is 8.45. The number of thiazole rings is 1. The first kappa shape index (κ1) is 21.5. The Labute approximate surface area is 200 Å². The fraction of sp³-hybridized carbons (Fsp3) is 0.400. The summed E-state index contributed by atoms with van der Waals surface area (Å²) in [5, 5.41) is 3.48. The molecule has 0 atom stereocenters. The summed E-state index contributed by atoms with van der Waals surface area (Å²) in [4.78, 5) is 37.0. The molecule has 5 heterocycles. The summed E-state index contributed by atoms with van der Waals surface area (Å²) in [7, 11) is 0. The van der Waals surface area contributed by atoms with E-state index in [1.54, 1.807) is 0 Å². The number of benzene rings is 1. The molecule has 4 aromatic rings. The molecule has 9 heteroatoms. The van der Waals surface area contributed by atoms with Crippen LogP contribution in [0.4, 0.5) is 5.69 Å². The Morgan fingerprint density at radius 2 is 1.91 bits per heavy atom. The number of rotatable bonds is 5. The molecule has 34 heavy (non-hydrogen) atoms. The summed E-state index contributed by atoms with van der Waals surface area (Å²) in [6.07, 6.45) is 4.24. The van der Waals surface area contributed by atoms with Crippen molar-refractivity contribution < 1.29 is 9.53 Å². The molecular weight excluding hydrogens is 450 g/mol. The van der Waals surface area contributed by atoms with Gasteiger partial charge < -0.3 is 19.9 Å². The normalized spacial score (nSPS) is 17.2. The minimum absolute atomic E-state index is 0.205. The van der Waals surface area contributed by atoms with Crippen LogP contribution in [0.25, 0.3) is 26.1 Å². The third-order valence-electron chi connectivity index (χ3n) is 6.78. The lowest BCUT2D eigenvalue weighted by Gasteiger charge is -2.28. The van der Waals surface area contributed by atoms with Crippen LogP contribution < -0.4 is 15.6 Å². The van der Waals surface area contributed by atoms with Crippen molar-refractivity contribution in [3.8, 4) is 0 Å². The van der Waals surface area contributed by atoms with Gasteiger partial charge in [-0.3, -0.25) is 14.0 Å². The maximum absolute atomic E-state index is 13.8. The maximum Gasteiger partial charge on any atom is 0.258 e. The first-order chi connectivity index (χ1) is 16.7. The van der Waals surface area contributed by atoms with Gasteiger partial charge in [-0.2, -0.15) is 0 Å². The van der Waals surface area contributed by atoms with Crippen molar-refractivity contribution in [3.05, 3.63) is 52.3 Å². The summed E-state index contributed by atoms with van der Waals surface area (Å²) in [6, 6.07) is 9.85. The van der Waals surface area contributed by atoms with Crippen molar-refractivity contribution in [2.75, 3.05) is 57.4 Å². The quantitative estimate of drug-likeness (QED) is 0.476. The first-order valence-electron chi connectivity index (χ1n) is 11.9. The topological polar surface area (TPSA) is 79.2 Å². The molecule has 2 aliphatic rings. The van der Waals surface area contributed by atoms with Crippen LogP contribution in [0.2, 0.25) is 0 Å². The number of nitrogens with one attached hydrogen (secondary N) is 1. The molecule has 1 N–H and O–H groups in total. The Kier molecular flexibility index (Phi) is 5.68. The predicted molar refractivity (Wildman–Crippen MR) is 135 cm³/mol. The highest BCUT2D eigenvalue weighted by Crippen LogP contribution is 2.31. The first-order valence-corrected chi connectivity index (χ1v) is 12.7. The fourth-order valence-corrected chi connectivity index (χ4v) is 6.18. The number of carbonyl (C=O) groups excluding carboxylic acids is 1. The zero-order valence-electron chi connectivity index (χ0n) is 19.0. The summed E-state index contributed by atoms with van der Waals surface area (Å²) >= 11 is 1.46. The number of para-hydroxylation sites is 1. The molecule has 0 saturated carbocycles. The van der Waals surface area contributed by atoms with E-state index in [-0.39, 0.29) is 16.9 Å². The van der Waals surface area contributed by atoms with E-state index in [2.05, 4.69) is 15.1 Å². The largest absolute Gasteiger partial charge is 0.378 e. The summed E-state index contributed by atoms with van der Waals surface area (Å²) in [5.74, 6) is -0.313. The number of likely N-dealkylation sites (tertiary alicyclic amines) is 1.